The Morgan fingerprint density at radius 2 is 2.10 bits per heavy atom. The van der Waals surface area contributed by atoms with Crippen molar-refractivity contribution in [1.29, 1.82) is 0 Å². The number of aromatic nitrogens is 2. The number of carbonyl (C=O) groups excluding carboxylic acids is 1. The van der Waals surface area contributed by atoms with Crippen LogP contribution in [0.5, 0.6) is 11.5 Å². The van der Waals surface area contributed by atoms with Crippen molar-refractivity contribution >= 4 is 35.0 Å². The third-order valence-corrected chi connectivity index (χ3v) is 4.62. The summed E-state index contributed by atoms with van der Waals surface area (Å²) in [5, 5.41) is 6.83. The Balaban J connectivity index is 1.42. The largest absolute Gasteiger partial charge is 0.454 e. The average Bonchev–Trinajstić information content (AvgIpc) is 3.20. The predicted octanol–water partition coefficient (Wildman–Crippen LogP) is 3.36. The summed E-state index contributed by atoms with van der Waals surface area (Å²) in [5.41, 5.74) is 7.39. The van der Waals surface area contributed by atoms with Crippen LogP contribution >= 0.6 is 11.6 Å². The molecule has 0 radical (unpaired) electrons. The molecule has 0 spiro atoms. The number of nitrogens with two attached hydrogens (primary N) is 1. The smallest absolute Gasteiger partial charge is 0.248 e. The van der Waals surface area contributed by atoms with Crippen LogP contribution in [-0.4, -0.2) is 29.2 Å². The summed E-state index contributed by atoms with van der Waals surface area (Å²) in [6, 6.07) is 12.4. The number of carbonyl (C=O) groups is 1. The number of rotatable bonds is 7. The summed E-state index contributed by atoms with van der Waals surface area (Å²) >= 11 is 6.29. The maximum absolute atomic E-state index is 11.3. The second-order valence-electron chi connectivity index (χ2n) is 6.29. The number of hydrogen-bond donors (Lipinski definition) is 3. The van der Waals surface area contributed by atoms with E-state index in [1.807, 2.05) is 12.1 Å². The molecule has 4 N–H and O–H groups in total. The fourth-order valence-electron chi connectivity index (χ4n) is 2.91. The van der Waals surface area contributed by atoms with Gasteiger partial charge in [0.15, 0.2) is 11.5 Å². The molecule has 3 aromatic rings. The quantitative estimate of drug-likeness (QED) is 0.546. The van der Waals surface area contributed by atoms with Crippen molar-refractivity contribution in [2.45, 2.75) is 6.42 Å². The minimum atomic E-state index is -0.442. The molecule has 9 heteroatoms. The van der Waals surface area contributed by atoms with Gasteiger partial charge in [0.05, 0.1) is 5.02 Å². The van der Waals surface area contributed by atoms with Gasteiger partial charge in [0.25, 0.3) is 0 Å². The molecule has 1 amide bonds. The molecule has 0 aliphatic carbocycles. The van der Waals surface area contributed by atoms with Crippen molar-refractivity contribution in [2.24, 2.45) is 5.73 Å². The Kier molecular flexibility index (Phi) is 5.35. The number of anilines is 3. The van der Waals surface area contributed by atoms with Crippen LogP contribution < -0.4 is 25.8 Å². The average molecular weight is 412 g/mol. The molecule has 2 aromatic carbocycles. The second-order valence-corrected chi connectivity index (χ2v) is 6.70. The highest BCUT2D eigenvalue weighted by molar-refractivity contribution is 6.33. The van der Waals surface area contributed by atoms with E-state index in [0.29, 0.717) is 52.5 Å². The summed E-state index contributed by atoms with van der Waals surface area (Å²) < 4.78 is 10.9. The van der Waals surface area contributed by atoms with Crippen LogP contribution in [0.2, 0.25) is 5.02 Å². The molecule has 0 saturated carbocycles. The van der Waals surface area contributed by atoms with Gasteiger partial charge in [0, 0.05) is 18.3 Å². The zero-order valence-corrected chi connectivity index (χ0v) is 16.1. The number of fused-ring (bicyclic) bond motifs is 1. The lowest BCUT2D eigenvalue weighted by atomic mass is 10.1. The van der Waals surface area contributed by atoms with Crippen LogP contribution in [0.25, 0.3) is 0 Å². The van der Waals surface area contributed by atoms with E-state index in [4.69, 9.17) is 26.8 Å². The van der Waals surface area contributed by atoms with Gasteiger partial charge in [0.1, 0.15) is 11.5 Å². The SMILES string of the molecule is NC(=O)c1cccc(CCNc2nccc(Nc3c(Cl)ccc4c3OCO4)n2)c1. The van der Waals surface area contributed by atoms with Crippen LogP contribution in [0, 0.1) is 0 Å². The van der Waals surface area contributed by atoms with Crippen LogP contribution in [0.15, 0.2) is 48.7 Å². The first kappa shape index (κ1) is 18.8. The molecule has 0 saturated heterocycles. The molecule has 2 heterocycles. The third kappa shape index (κ3) is 4.33. The number of nitrogens with one attached hydrogen (secondary N) is 2. The molecule has 0 bridgehead atoms. The molecule has 1 aliphatic heterocycles. The number of benzene rings is 2. The molecular formula is C20H18ClN5O3. The van der Waals surface area contributed by atoms with E-state index in [0.717, 1.165) is 5.56 Å². The van der Waals surface area contributed by atoms with Gasteiger partial charge < -0.3 is 25.8 Å². The predicted molar refractivity (Wildman–Crippen MR) is 110 cm³/mol. The Hall–Kier alpha value is -3.52. The van der Waals surface area contributed by atoms with E-state index >= 15 is 0 Å². The van der Waals surface area contributed by atoms with E-state index in [1.165, 1.54) is 0 Å². The number of halogens is 1. The molecule has 1 aromatic heterocycles. The summed E-state index contributed by atoms with van der Waals surface area (Å²) in [5.74, 6) is 1.76. The minimum Gasteiger partial charge on any atom is -0.454 e. The lowest BCUT2D eigenvalue weighted by Gasteiger charge is -2.11. The van der Waals surface area contributed by atoms with Crippen LogP contribution in [0.3, 0.4) is 0 Å². The summed E-state index contributed by atoms with van der Waals surface area (Å²) in [4.78, 5) is 20.0. The standard InChI is InChI=1S/C20H18ClN5O3/c21-14-4-5-15-18(29-11-28-15)17(14)25-16-7-9-24-20(26-16)23-8-6-12-2-1-3-13(10-12)19(22)27/h1-5,7,9-10H,6,8,11H2,(H2,22,27)(H2,23,24,25,26). The first-order chi connectivity index (χ1) is 14.1. The second kappa shape index (κ2) is 8.24. The lowest BCUT2D eigenvalue weighted by Crippen LogP contribution is -2.12. The number of hydrogen-bond acceptors (Lipinski definition) is 7. The van der Waals surface area contributed by atoms with Crippen molar-refractivity contribution in [3.8, 4) is 11.5 Å². The van der Waals surface area contributed by atoms with Gasteiger partial charge in [-0.25, -0.2) is 4.98 Å². The Labute approximate surface area is 172 Å². The first-order valence-corrected chi connectivity index (χ1v) is 9.29. The van der Waals surface area contributed by atoms with Gasteiger partial charge >= 0.3 is 0 Å². The van der Waals surface area contributed by atoms with Crippen molar-refractivity contribution in [2.75, 3.05) is 24.0 Å². The number of nitrogens with zero attached hydrogens (tertiary/aromatic N) is 2. The molecular weight excluding hydrogens is 394 g/mol. The van der Waals surface area contributed by atoms with Crippen molar-refractivity contribution in [3.63, 3.8) is 0 Å². The number of ether oxygens (including phenoxy) is 2. The van der Waals surface area contributed by atoms with Gasteiger partial charge in [-0.2, -0.15) is 4.98 Å². The fourth-order valence-corrected chi connectivity index (χ4v) is 3.10. The van der Waals surface area contributed by atoms with Gasteiger partial charge in [-0.05, 0) is 42.3 Å². The third-order valence-electron chi connectivity index (χ3n) is 4.31. The van der Waals surface area contributed by atoms with Gasteiger partial charge in [-0.1, -0.05) is 23.7 Å². The normalized spacial score (nSPS) is 11.9. The summed E-state index contributed by atoms with van der Waals surface area (Å²) in [7, 11) is 0. The van der Waals surface area contributed by atoms with Gasteiger partial charge in [-0.3, -0.25) is 4.79 Å². The van der Waals surface area contributed by atoms with E-state index in [-0.39, 0.29) is 6.79 Å². The Morgan fingerprint density at radius 3 is 2.97 bits per heavy atom. The number of primary amides is 1. The summed E-state index contributed by atoms with van der Waals surface area (Å²) in [6.45, 7) is 0.738. The minimum absolute atomic E-state index is 0.151. The molecule has 8 nitrogen and oxygen atoms in total. The van der Waals surface area contributed by atoms with Crippen molar-refractivity contribution in [3.05, 3.63) is 64.8 Å². The highest BCUT2D eigenvalue weighted by Crippen LogP contribution is 2.44. The van der Waals surface area contributed by atoms with E-state index < -0.39 is 5.91 Å². The molecule has 148 valence electrons. The lowest BCUT2D eigenvalue weighted by molar-refractivity contribution is 0.1000. The first-order valence-electron chi connectivity index (χ1n) is 8.91. The molecule has 0 fully saturated rings. The Bertz CT molecular complexity index is 1060. The van der Waals surface area contributed by atoms with E-state index in [1.54, 1.807) is 36.5 Å². The highest BCUT2D eigenvalue weighted by Gasteiger charge is 2.20. The van der Waals surface area contributed by atoms with Crippen LogP contribution in [0.4, 0.5) is 17.5 Å². The molecule has 1 aliphatic rings. The maximum Gasteiger partial charge on any atom is 0.248 e. The van der Waals surface area contributed by atoms with Gasteiger partial charge in [0.2, 0.25) is 18.6 Å². The fraction of sp³-hybridized carbons (Fsp3) is 0.150. The number of amides is 1. The van der Waals surface area contributed by atoms with E-state index in [9.17, 15) is 4.79 Å². The molecule has 29 heavy (non-hydrogen) atoms. The van der Waals surface area contributed by atoms with Crippen molar-refractivity contribution < 1.29 is 14.3 Å². The molecule has 0 atom stereocenters. The Morgan fingerprint density at radius 1 is 1.21 bits per heavy atom. The topological polar surface area (TPSA) is 111 Å². The highest BCUT2D eigenvalue weighted by atomic mass is 35.5. The van der Waals surface area contributed by atoms with Crippen molar-refractivity contribution in [1.82, 2.24) is 9.97 Å². The zero-order valence-electron chi connectivity index (χ0n) is 15.3. The van der Waals surface area contributed by atoms with Crippen LogP contribution in [-0.2, 0) is 6.42 Å². The van der Waals surface area contributed by atoms with E-state index in [2.05, 4.69) is 20.6 Å². The zero-order chi connectivity index (χ0) is 20.2. The molecule has 4 rings (SSSR count). The summed E-state index contributed by atoms with van der Waals surface area (Å²) in [6.07, 6.45) is 2.32. The van der Waals surface area contributed by atoms with Gasteiger partial charge in [-0.15, -0.1) is 0 Å². The monoisotopic (exact) mass is 411 g/mol. The van der Waals surface area contributed by atoms with Crippen LogP contribution in [0.1, 0.15) is 15.9 Å². The molecule has 0 unspecified atom stereocenters. The maximum atomic E-state index is 11.3.